The summed E-state index contributed by atoms with van der Waals surface area (Å²) in [6.07, 6.45) is 3.43. The number of sulfonamides is 1. The van der Waals surface area contributed by atoms with Crippen LogP contribution in [-0.4, -0.2) is 62.2 Å². The molecule has 8 nitrogen and oxygen atoms in total. The van der Waals surface area contributed by atoms with Crippen LogP contribution < -0.4 is 10.1 Å². The SMILES string of the molecule is Cc1cc2c(cc1S(=O)(=O)N1CCC[C@H](C(=O)N3CCCC3)C1)OCC(=O)N2. The third kappa shape index (κ3) is 3.48. The first kappa shape index (κ1) is 19.2. The number of carbonyl (C=O) groups excluding carboxylic acids is 2. The van der Waals surface area contributed by atoms with Crippen molar-refractivity contribution >= 4 is 27.5 Å². The van der Waals surface area contributed by atoms with Crippen LogP contribution in [0.5, 0.6) is 5.75 Å². The van der Waals surface area contributed by atoms with Crippen LogP contribution >= 0.6 is 0 Å². The molecule has 0 aromatic heterocycles. The highest BCUT2D eigenvalue weighted by Gasteiger charge is 2.36. The van der Waals surface area contributed by atoms with Gasteiger partial charge in [-0.15, -0.1) is 0 Å². The number of nitrogens with one attached hydrogen (secondary N) is 1. The van der Waals surface area contributed by atoms with Crippen molar-refractivity contribution in [2.75, 3.05) is 38.1 Å². The normalized spacial score (nSPS) is 23.1. The molecule has 1 aromatic rings. The number of hydrogen-bond donors (Lipinski definition) is 1. The third-order valence-corrected chi connectivity index (χ3v) is 7.69. The maximum absolute atomic E-state index is 13.3. The Morgan fingerprint density at radius 3 is 2.68 bits per heavy atom. The molecule has 1 N–H and O–H groups in total. The number of benzene rings is 1. The van der Waals surface area contributed by atoms with Gasteiger partial charge in [0.1, 0.15) is 5.75 Å². The number of piperidine rings is 1. The standard InChI is InChI=1S/C19H25N3O5S/c1-13-9-15-16(27-12-18(23)20-15)10-17(13)28(25,26)22-8-4-5-14(11-22)19(24)21-6-2-3-7-21/h9-10,14H,2-8,11-12H2,1H3,(H,20,23)/t14-/m0/s1. The molecule has 2 fully saturated rings. The Balaban J connectivity index is 1.57. The first-order chi connectivity index (χ1) is 13.4. The molecule has 1 atom stereocenters. The van der Waals surface area contributed by atoms with E-state index in [1.165, 1.54) is 10.4 Å². The third-order valence-electron chi connectivity index (χ3n) is 5.68. The van der Waals surface area contributed by atoms with Gasteiger partial charge in [-0.25, -0.2) is 8.42 Å². The highest BCUT2D eigenvalue weighted by atomic mass is 32.2. The van der Waals surface area contributed by atoms with E-state index < -0.39 is 10.0 Å². The van der Waals surface area contributed by atoms with Crippen molar-refractivity contribution in [3.05, 3.63) is 17.7 Å². The summed E-state index contributed by atoms with van der Waals surface area (Å²) in [5.74, 6) is -0.118. The minimum atomic E-state index is -3.76. The quantitative estimate of drug-likeness (QED) is 0.816. The Hall–Kier alpha value is -2.13. The smallest absolute Gasteiger partial charge is 0.262 e. The molecular formula is C19H25N3O5S. The molecule has 0 unspecified atom stereocenters. The van der Waals surface area contributed by atoms with Crippen LogP contribution in [0.1, 0.15) is 31.2 Å². The molecule has 4 rings (SSSR count). The topological polar surface area (TPSA) is 96.0 Å². The molecule has 0 saturated carbocycles. The van der Waals surface area contributed by atoms with E-state index in [0.29, 0.717) is 30.0 Å². The molecule has 2 saturated heterocycles. The van der Waals surface area contributed by atoms with E-state index in [4.69, 9.17) is 4.74 Å². The van der Waals surface area contributed by atoms with Gasteiger partial charge >= 0.3 is 0 Å². The Morgan fingerprint density at radius 2 is 1.93 bits per heavy atom. The van der Waals surface area contributed by atoms with Crippen molar-refractivity contribution < 1.29 is 22.7 Å². The van der Waals surface area contributed by atoms with Gasteiger partial charge in [0.2, 0.25) is 15.9 Å². The van der Waals surface area contributed by atoms with E-state index >= 15 is 0 Å². The summed E-state index contributed by atoms with van der Waals surface area (Å²) in [5.41, 5.74) is 1.02. The predicted octanol–water partition coefficient (Wildman–Crippen LogP) is 1.35. The van der Waals surface area contributed by atoms with Crippen LogP contribution in [-0.2, 0) is 19.6 Å². The van der Waals surface area contributed by atoms with Gasteiger partial charge in [0.25, 0.3) is 5.91 Å². The van der Waals surface area contributed by atoms with Crippen LogP contribution in [0, 0.1) is 12.8 Å². The highest BCUT2D eigenvalue weighted by molar-refractivity contribution is 7.89. The van der Waals surface area contributed by atoms with Gasteiger partial charge in [-0.1, -0.05) is 0 Å². The van der Waals surface area contributed by atoms with Crippen LogP contribution in [0.3, 0.4) is 0 Å². The van der Waals surface area contributed by atoms with Gasteiger partial charge in [-0.05, 0) is 44.2 Å². The molecule has 0 bridgehead atoms. The van der Waals surface area contributed by atoms with E-state index in [2.05, 4.69) is 5.32 Å². The van der Waals surface area contributed by atoms with Gasteiger partial charge in [0.15, 0.2) is 6.61 Å². The number of amides is 2. The summed E-state index contributed by atoms with van der Waals surface area (Å²) in [6.45, 7) is 3.73. The lowest BCUT2D eigenvalue weighted by Crippen LogP contribution is -2.46. The first-order valence-electron chi connectivity index (χ1n) is 9.72. The number of fused-ring (bicyclic) bond motifs is 1. The van der Waals surface area contributed by atoms with E-state index in [9.17, 15) is 18.0 Å². The fraction of sp³-hybridized carbons (Fsp3) is 0.579. The molecule has 1 aromatic carbocycles. The summed E-state index contributed by atoms with van der Waals surface area (Å²) in [7, 11) is -3.76. The molecule has 0 aliphatic carbocycles. The molecule has 152 valence electrons. The van der Waals surface area contributed by atoms with E-state index in [1.807, 2.05) is 4.90 Å². The van der Waals surface area contributed by atoms with Crippen molar-refractivity contribution in [3.8, 4) is 5.75 Å². The van der Waals surface area contributed by atoms with E-state index in [0.717, 1.165) is 32.4 Å². The fourth-order valence-corrected chi connectivity index (χ4v) is 5.94. The maximum atomic E-state index is 13.3. The van der Waals surface area contributed by atoms with Gasteiger partial charge < -0.3 is 15.0 Å². The largest absolute Gasteiger partial charge is 0.482 e. The lowest BCUT2D eigenvalue weighted by Gasteiger charge is -2.33. The first-order valence-corrected chi connectivity index (χ1v) is 11.2. The molecule has 0 spiro atoms. The molecule has 9 heteroatoms. The van der Waals surface area contributed by atoms with E-state index in [-0.39, 0.29) is 35.8 Å². The maximum Gasteiger partial charge on any atom is 0.262 e. The molecule has 28 heavy (non-hydrogen) atoms. The lowest BCUT2D eigenvalue weighted by atomic mass is 9.98. The number of ether oxygens (including phenoxy) is 1. The van der Waals surface area contributed by atoms with Gasteiger partial charge in [0, 0.05) is 32.2 Å². The molecule has 3 aliphatic rings. The summed E-state index contributed by atoms with van der Waals surface area (Å²) in [4.78, 5) is 26.2. The van der Waals surface area contributed by atoms with Gasteiger partial charge in [-0.3, -0.25) is 9.59 Å². The molecular weight excluding hydrogens is 382 g/mol. The number of carbonyl (C=O) groups is 2. The minimum Gasteiger partial charge on any atom is -0.482 e. The Morgan fingerprint density at radius 1 is 1.18 bits per heavy atom. The number of nitrogens with zero attached hydrogens (tertiary/aromatic N) is 2. The summed E-state index contributed by atoms with van der Waals surface area (Å²) in [6, 6.07) is 3.10. The van der Waals surface area contributed by atoms with Crippen molar-refractivity contribution in [3.63, 3.8) is 0 Å². The summed E-state index contributed by atoms with van der Waals surface area (Å²) in [5, 5.41) is 2.69. The van der Waals surface area contributed by atoms with E-state index in [1.54, 1.807) is 13.0 Å². The second kappa shape index (κ2) is 7.36. The van der Waals surface area contributed by atoms with Crippen LogP contribution in [0.25, 0.3) is 0 Å². The van der Waals surface area contributed by atoms with Crippen LogP contribution in [0.15, 0.2) is 17.0 Å². The van der Waals surface area contributed by atoms with Crippen LogP contribution in [0.4, 0.5) is 5.69 Å². The van der Waals surface area contributed by atoms with Gasteiger partial charge in [-0.2, -0.15) is 4.31 Å². The number of aryl methyl sites for hydroxylation is 1. The van der Waals surface area contributed by atoms with Crippen molar-refractivity contribution in [1.29, 1.82) is 0 Å². The second-order valence-electron chi connectivity index (χ2n) is 7.69. The monoisotopic (exact) mass is 407 g/mol. The Bertz CT molecular complexity index is 908. The van der Waals surface area contributed by atoms with Crippen molar-refractivity contribution in [2.24, 2.45) is 5.92 Å². The van der Waals surface area contributed by atoms with Gasteiger partial charge in [0.05, 0.1) is 16.5 Å². The number of hydrogen-bond acceptors (Lipinski definition) is 5. The van der Waals surface area contributed by atoms with Crippen LogP contribution in [0.2, 0.25) is 0 Å². The van der Waals surface area contributed by atoms with Crippen molar-refractivity contribution in [2.45, 2.75) is 37.5 Å². The molecule has 2 amide bonds. The molecule has 3 heterocycles. The zero-order valence-electron chi connectivity index (χ0n) is 15.9. The van der Waals surface area contributed by atoms with Crippen molar-refractivity contribution in [1.82, 2.24) is 9.21 Å². The number of rotatable bonds is 3. The Kier molecular flexibility index (Phi) is 5.05. The fourth-order valence-electron chi connectivity index (χ4n) is 4.19. The second-order valence-corrected chi connectivity index (χ2v) is 9.59. The zero-order valence-corrected chi connectivity index (χ0v) is 16.8. The number of anilines is 1. The molecule has 3 aliphatic heterocycles. The number of likely N-dealkylation sites (tertiary alicyclic amines) is 1. The Labute approximate surface area is 164 Å². The molecule has 0 radical (unpaired) electrons. The minimum absolute atomic E-state index is 0.0746. The summed E-state index contributed by atoms with van der Waals surface area (Å²) >= 11 is 0. The predicted molar refractivity (Wildman–Crippen MR) is 103 cm³/mol. The average molecular weight is 407 g/mol. The lowest BCUT2D eigenvalue weighted by molar-refractivity contribution is -0.135. The zero-order chi connectivity index (χ0) is 19.9. The summed E-state index contributed by atoms with van der Waals surface area (Å²) < 4.78 is 33.4. The average Bonchev–Trinajstić information content (AvgIpc) is 3.21. The highest BCUT2D eigenvalue weighted by Crippen LogP contribution is 2.35.